The fourth-order valence-electron chi connectivity index (χ4n) is 0.456. The van der Waals surface area contributed by atoms with E-state index in [2.05, 4.69) is 12.3 Å². The molecule has 0 radical (unpaired) electrons. The number of hydrogen-bond donors (Lipinski definition) is 1. The van der Waals surface area contributed by atoms with Crippen molar-refractivity contribution in [2.75, 3.05) is 6.54 Å². The predicted octanol–water partition coefficient (Wildman–Crippen LogP) is 1.46. The van der Waals surface area contributed by atoms with Gasteiger partial charge in [-0.2, -0.15) is 0 Å². The van der Waals surface area contributed by atoms with Crippen molar-refractivity contribution < 1.29 is 0 Å². The van der Waals surface area contributed by atoms with Crippen LogP contribution in [0.5, 0.6) is 0 Å². The minimum absolute atomic E-state index is 0.763. The van der Waals surface area contributed by atoms with Crippen molar-refractivity contribution in [1.82, 2.24) is 0 Å². The molecule has 0 saturated heterocycles. The van der Waals surface area contributed by atoms with Gasteiger partial charge >= 0.3 is 0 Å². The molecule has 0 amide bonds. The van der Waals surface area contributed by atoms with Crippen LogP contribution in [0, 0.1) is 0 Å². The monoisotopic (exact) mass is 111 g/mol. The van der Waals surface area contributed by atoms with E-state index in [9.17, 15) is 0 Å². The van der Waals surface area contributed by atoms with Crippen molar-refractivity contribution in [3.63, 3.8) is 0 Å². The van der Waals surface area contributed by atoms with Gasteiger partial charge in [0.05, 0.1) is 0 Å². The molecule has 0 aliphatic heterocycles. The Balaban J connectivity index is 3.26. The first-order chi connectivity index (χ1) is 3.81. The molecule has 0 aromatic rings. The Morgan fingerprint density at radius 1 is 1.75 bits per heavy atom. The van der Waals surface area contributed by atoms with Gasteiger partial charge in [0.1, 0.15) is 0 Å². The third-order valence-corrected chi connectivity index (χ3v) is 1.06. The summed E-state index contributed by atoms with van der Waals surface area (Å²) < 4.78 is 0. The van der Waals surface area contributed by atoms with E-state index < -0.39 is 0 Å². The molecule has 0 bridgehead atoms. The summed E-state index contributed by atoms with van der Waals surface area (Å²) in [7, 11) is 0. The van der Waals surface area contributed by atoms with E-state index in [4.69, 9.17) is 5.73 Å². The van der Waals surface area contributed by atoms with Crippen LogP contribution in [0.2, 0.25) is 0 Å². The zero-order chi connectivity index (χ0) is 6.41. The average molecular weight is 111 g/mol. The second-order valence-corrected chi connectivity index (χ2v) is 1.85. The van der Waals surface area contributed by atoms with Crippen LogP contribution in [0.1, 0.15) is 19.8 Å². The molecule has 0 atom stereocenters. The molecule has 0 heterocycles. The summed E-state index contributed by atoms with van der Waals surface area (Å²) in [5.74, 6) is 0. The van der Waals surface area contributed by atoms with Gasteiger partial charge in [-0.15, -0.1) is 5.73 Å². The molecule has 0 unspecified atom stereocenters. The molecule has 46 valence electrons. The Morgan fingerprint density at radius 2 is 2.38 bits per heavy atom. The van der Waals surface area contributed by atoms with Crippen molar-refractivity contribution in [1.29, 1.82) is 0 Å². The van der Waals surface area contributed by atoms with Gasteiger partial charge in [0.15, 0.2) is 0 Å². The van der Waals surface area contributed by atoms with Gasteiger partial charge in [0.2, 0.25) is 0 Å². The molecule has 0 fully saturated rings. The fraction of sp³-hybridized carbons (Fsp3) is 0.571. The van der Waals surface area contributed by atoms with Crippen molar-refractivity contribution >= 4 is 0 Å². The molecular formula is C7H13N. The van der Waals surface area contributed by atoms with Gasteiger partial charge < -0.3 is 5.73 Å². The summed E-state index contributed by atoms with van der Waals surface area (Å²) in [6.07, 6.45) is 2.09. The lowest BCUT2D eigenvalue weighted by Gasteiger charge is -1.91. The van der Waals surface area contributed by atoms with E-state index in [1.54, 1.807) is 0 Å². The Labute approximate surface area is 50.9 Å². The van der Waals surface area contributed by atoms with Crippen LogP contribution in [0.15, 0.2) is 17.9 Å². The zero-order valence-electron chi connectivity index (χ0n) is 5.41. The van der Waals surface area contributed by atoms with E-state index in [0.29, 0.717) is 0 Å². The van der Waals surface area contributed by atoms with Crippen molar-refractivity contribution in [2.45, 2.75) is 19.8 Å². The zero-order valence-corrected chi connectivity index (χ0v) is 5.41. The third-order valence-electron chi connectivity index (χ3n) is 1.06. The molecule has 1 nitrogen and oxygen atoms in total. The van der Waals surface area contributed by atoms with Crippen LogP contribution in [0.4, 0.5) is 0 Å². The maximum absolute atomic E-state index is 5.27. The lowest BCUT2D eigenvalue weighted by atomic mass is 10.2. The summed E-state index contributed by atoms with van der Waals surface area (Å²) in [6, 6.07) is 0. The molecule has 0 aliphatic carbocycles. The highest BCUT2D eigenvalue weighted by atomic mass is 14.5. The van der Waals surface area contributed by atoms with Crippen molar-refractivity contribution in [3.8, 4) is 0 Å². The largest absolute Gasteiger partial charge is 0.330 e. The quantitative estimate of drug-likeness (QED) is 0.548. The molecule has 0 saturated carbocycles. The number of hydrogen-bond acceptors (Lipinski definition) is 1. The number of allylic oxidation sites excluding steroid dienone is 1. The lowest BCUT2D eigenvalue weighted by molar-refractivity contribution is 0.825. The maximum Gasteiger partial charge on any atom is -0.00740 e. The first-order valence-corrected chi connectivity index (χ1v) is 2.87. The fourth-order valence-corrected chi connectivity index (χ4v) is 0.456. The summed E-state index contributed by atoms with van der Waals surface area (Å²) in [5.41, 5.74) is 9.28. The third kappa shape index (κ3) is 3.66. The van der Waals surface area contributed by atoms with E-state index in [1.807, 2.05) is 6.92 Å². The summed E-state index contributed by atoms with van der Waals surface area (Å²) in [4.78, 5) is 0. The van der Waals surface area contributed by atoms with Gasteiger partial charge in [0.25, 0.3) is 0 Å². The van der Waals surface area contributed by atoms with Crippen LogP contribution in [0.25, 0.3) is 0 Å². The van der Waals surface area contributed by atoms with Gasteiger partial charge in [-0.05, 0) is 31.9 Å². The van der Waals surface area contributed by atoms with Crippen molar-refractivity contribution in [3.05, 3.63) is 17.9 Å². The number of nitrogens with two attached hydrogens (primary N) is 1. The van der Waals surface area contributed by atoms with Crippen LogP contribution in [-0.2, 0) is 0 Å². The normalized spacial score (nSPS) is 8.25. The first-order valence-electron chi connectivity index (χ1n) is 2.87. The molecule has 0 aromatic heterocycles. The highest BCUT2D eigenvalue weighted by Crippen LogP contribution is 1.98. The van der Waals surface area contributed by atoms with E-state index >= 15 is 0 Å². The Morgan fingerprint density at radius 3 is 2.75 bits per heavy atom. The maximum atomic E-state index is 5.27. The molecule has 0 rings (SSSR count). The standard InChI is InChI=1S/C7H13N/c1-3-7(2)5-4-6-8/h1,4-6,8H2,2H3. The molecule has 1 heteroatoms. The van der Waals surface area contributed by atoms with Crippen LogP contribution in [-0.4, -0.2) is 6.54 Å². The summed E-state index contributed by atoms with van der Waals surface area (Å²) in [5, 5.41) is 0. The van der Waals surface area contributed by atoms with E-state index in [0.717, 1.165) is 19.4 Å². The SMILES string of the molecule is C=C=C(C)CCCN. The smallest absolute Gasteiger partial charge is 0.00740 e. The van der Waals surface area contributed by atoms with E-state index in [-0.39, 0.29) is 0 Å². The Bertz CT molecular complexity index is 99.0. The molecule has 0 aliphatic rings. The van der Waals surface area contributed by atoms with Crippen LogP contribution in [0.3, 0.4) is 0 Å². The van der Waals surface area contributed by atoms with Gasteiger partial charge in [-0.1, -0.05) is 6.58 Å². The molecule has 8 heavy (non-hydrogen) atoms. The predicted molar refractivity (Wildman–Crippen MR) is 36.6 cm³/mol. The van der Waals surface area contributed by atoms with Gasteiger partial charge in [-0.3, -0.25) is 0 Å². The highest BCUT2D eigenvalue weighted by Gasteiger charge is 1.83. The molecular weight excluding hydrogens is 98.1 g/mol. The van der Waals surface area contributed by atoms with Gasteiger partial charge in [-0.25, -0.2) is 0 Å². The van der Waals surface area contributed by atoms with Crippen LogP contribution < -0.4 is 5.73 Å². The van der Waals surface area contributed by atoms with Crippen LogP contribution >= 0.6 is 0 Å². The Hall–Kier alpha value is -0.520. The molecule has 2 N–H and O–H groups in total. The van der Waals surface area contributed by atoms with Crippen molar-refractivity contribution in [2.24, 2.45) is 5.73 Å². The number of rotatable bonds is 3. The topological polar surface area (TPSA) is 26.0 Å². The first kappa shape index (κ1) is 7.48. The van der Waals surface area contributed by atoms with Gasteiger partial charge in [0, 0.05) is 0 Å². The second-order valence-electron chi connectivity index (χ2n) is 1.85. The Kier molecular flexibility index (Phi) is 4.33. The minimum atomic E-state index is 0.763. The second kappa shape index (κ2) is 4.63. The lowest BCUT2D eigenvalue weighted by Crippen LogP contribution is -1.97. The summed E-state index contributed by atoms with van der Waals surface area (Å²) >= 11 is 0. The molecule has 0 aromatic carbocycles. The molecule has 0 spiro atoms. The average Bonchev–Trinajstić information content (AvgIpc) is 1.83. The minimum Gasteiger partial charge on any atom is -0.330 e. The summed E-state index contributed by atoms with van der Waals surface area (Å²) in [6.45, 7) is 6.29. The highest BCUT2D eigenvalue weighted by molar-refractivity contribution is 4.93. The van der Waals surface area contributed by atoms with E-state index in [1.165, 1.54) is 5.57 Å².